The lowest BCUT2D eigenvalue weighted by Crippen LogP contribution is -2.60. The Morgan fingerprint density at radius 1 is 1.14 bits per heavy atom. The predicted octanol–water partition coefficient (Wildman–Crippen LogP) is 4.86. The summed E-state index contributed by atoms with van der Waals surface area (Å²) in [6.45, 7) is 2.83. The maximum absolute atomic E-state index is 6.12. The van der Waals surface area contributed by atoms with Gasteiger partial charge in [-0.1, -0.05) is 24.1 Å². The van der Waals surface area contributed by atoms with Gasteiger partial charge >= 0.3 is 0 Å². The van der Waals surface area contributed by atoms with Crippen LogP contribution in [0.3, 0.4) is 0 Å². The summed E-state index contributed by atoms with van der Waals surface area (Å²) in [7, 11) is 1.65. The fourth-order valence-electron chi connectivity index (χ4n) is 4.29. The molecule has 3 aromatic rings. The Balaban J connectivity index is 1.39. The van der Waals surface area contributed by atoms with Crippen molar-refractivity contribution in [1.82, 2.24) is 14.9 Å². The van der Waals surface area contributed by atoms with Gasteiger partial charge in [-0.2, -0.15) is 0 Å². The number of likely N-dealkylation sites (tertiary alicyclic amines) is 1. The maximum Gasteiger partial charge on any atom is 0.164 e. The lowest BCUT2D eigenvalue weighted by atomic mass is 9.64. The first-order valence-electron chi connectivity index (χ1n) is 9.85. The molecule has 0 atom stereocenters. The molecule has 1 aliphatic carbocycles. The van der Waals surface area contributed by atoms with E-state index >= 15 is 0 Å². The number of hydrogen-bond acceptors (Lipinski definition) is 6. The molecule has 2 heterocycles. The summed E-state index contributed by atoms with van der Waals surface area (Å²) in [5, 5.41) is 4.85. The molecule has 5 rings (SSSR count). The quantitative estimate of drug-likeness (QED) is 0.626. The van der Waals surface area contributed by atoms with Crippen molar-refractivity contribution >= 4 is 34.0 Å². The van der Waals surface area contributed by atoms with Crippen molar-refractivity contribution in [3.05, 3.63) is 47.7 Å². The zero-order valence-corrected chi connectivity index (χ0v) is 17.1. The predicted molar refractivity (Wildman–Crippen MR) is 114 cm³/mol. The number of rotatable bonds is 6. The number of aromatic nitrogens is 2. The molecule has 0 unspecified atom stereocenters. The van der Waals surface area contributed by atoms with E-state index in [9.17, 15) is 0 Å². The number of halogens is 1. The number of nitrogens with zero attached hydrogens (tertiary/aromatic N) is 3. The average Bonchev–Trinajstić information content (AvgIpc) is 2.65. The van der Waals surface area contributed by atoms with Gasteiger partial charge in [0.05, 0.1) is 12.6 Å². The van der Waals surface area contributed by atoms with Crippen LogP contribution in [0.4, 0.5) is 11.5 Å². The minimum atomic E-state index is 0.564. The number of anilines is 2. The fraction of sp³-hybridized carbons (Fsp3) is 0.364. The molecule has 150 valence electrons. The first-order valence-corrected chi connectivity index (χ1v) is 10.2. The Labute approximate surface area is 174 Å². The van der Waals surface area contributed by atoms with Gasteiger partial charge in [0, 0.05) is 35.3 Å². The zero-order valence-electron chi connectivity index (χ0n) is 16.3. The van der Waals surface area contributed by atoms with Crippen LogP contribution >= 0.6 is 11.6 Å². The van der Waals surface area contributed by atoms with Crippen LogP contribution in [0.15, 0.2) is 42.7 Å². The van der Waals surface area contributed by atoms with E-state index in [4.69, 9.17) is 21.1 Å². The number of methoxy groups -OCH3 is 1. The number of nitrogens with one attached hydrogen (secondary N) is 1. The molecule has 1 spiro atoms. The second-order valence-corrected chi connectivity index (χ2v) is 8.43. The highest BCUT2D eigenvalue weighted by atomic mass is 35.5. The van der Waals surface area contributed by atoms with Gasteiger partial charge < -0.3 is 14.8 Å². The van der Waals surface area contributed by atoms with E-state index in [2.05, 4.69) is 20.2 Å². The molecule has 2 aliphatic rings. The number of ether oxygens (including phenoxy) is 2. The van der Waals surface area contributed by atoms with Gasteiger partial charge in [0.2, 0.25) is 0 Å². The minimum absolute atomic E-state index is 0.564. The molecular weight excluding hydrogens is 388 g/mol. The molecule has 6 nitrogen and oxygen atoms in total. The molecule has 2 fully saturated rings. The number of fused-ring (bicyclic) bond motifs is 1. The van der Waals surface area contributed by atoms with E-state index in [1.165, 1.54) is 25.6 Å². The van der Waals surface area contributed by atoms with E-state index in [1.807, 2.05) is 36.4 Å². The van der Waals surface area contributed by atoms with Crippen LogP contribution in [0.1, 0.15) is 19.3 Å². The van der Waals surface area contributed by atoms with Gasteiger partial charge in [-0.3, -0.25) is 4.90 Å². The van der Waals surface area contributed by atoms with Crippen molar-refractivity contribution < 1.29 is 9.47 Å². The number of hydrogen-bond donors (Lipinski definition) is 1. The fourth-order valence-corrected chi connectivity index (χ4v) is 4.48. The molecule has 7 heteroatoms. The highest BCUT2D eigenvalue weighted by Crippen LogP contribution is 2.48. The third kappa shape index (κ3) is 3.58. The second kappa shape index (κ2) is 7.35. The molecule has 0 radical (unpaired) electrons. The maximum atomic E-state index is 6.12. The van der Waals surface area contributed by atoms with Crippen molar-refractivity contribution in [1.29, 1.82) is 0 Å². The average molecular weight is 411 g/mol. The Morgan fingerprint density at radius 3 is 2.72 bits per heavy atom. The largest absolute Gasteiger partial charge is 0.493 e. The summed E-state index contributed by atoms with van der Waals surface area (Å²) in [4.78, 5) is 11.1. The lowest BCUT2D eigenvalue weighted by Gasteiger charge is -2.55. The Bertz CT molecular complexity index is 1050. The molecule has 1 aliphatic heterocycles. The molecular formula is C22H23ClN4O2. The van der Waals surface area contributed by atoms with Gasteiger partial charge in [-0.15, -0.1) is 0 Å². The standard InChI is InChI=1S/C22H23ClN4O2/c1-28-19-10-18-17(9-20(19)29-14-27-11-22(12-27)6-3-7-22)21(25-13-24-18)26-16-5-2-4-15(23)8-16/h2,4-5,8-10,13H,3,6-7,11-12,14H2,1H3,(H,24,25,26). The van der Waals surface area contributed by atoms with Crippen LogP contribution in [0.2, 0.25) is 5.02 Å². The Morgan fingerprint density at radius 2 is 2.00 bits per heavy atom. The SMILES string of the molecule is COc1cc2ncnc(Nc3cccc(Cl)c3)c2cc1OCN1CC2(CCC2)C1. The van der Waals surface area contributed by atoms with E-state index in [0.29, 0.717) is 34.5 Å². The van der Waals surface area contributed by atoms with Crippen LogP contribution in [-0.2, 0) is 0 Å². The first kappa shape index (κ1) is 18.5. The van der Waals surface area contributed by atoms with E-state index < -0.39 is 0 Å². The van der Waals surface area contributed by atoms with Crippen molar-refractivity contribution in [3.63, 3.8) is 0 Å². The summed E-state index contributed by atoms with van der Waals surface area (Å²) >= 11 is 6.10. The van der Waals surface area contributed by atoms with Crippen LogP contribution in [0, 0.1) is 5.41 Å². The van der Waals surface area contributed by atoms with Crippen LogP contribution in [0.25, 0.3) is 10.9 Å². The summed E-state index contributed by atoms with van der Waals surface area (Å²) in [5.74, 6) is 2.06. The summed E-state index contributed by atoms with van der Waals surface area (Å²) < 4.78 is 11.7. The molecule has 1 saturated carbocycles. The van der Waals surface area contributed by atoms with Gasteiger partial charge in [-0.05, 0) is 42.5 Å². The van der Waals surface area contributed by atoms with Crippen LogP contribution < -0.4 is 14.8 Å². The molecule has 1 aromatic heterocycles. The van der Waals surface area contributed by atoms with Gasteiger partial charge in [0.1, 0.15) is 18.9 Å². The Kier molecular flexibility index (Phi) is 4.68. The number of benzene rings is 2. The van der Waals surface area contributed by atoms with E-state index in [0.717, 1.165) is 29.7 Å². The highest BCUT2D eigenvalue weighted by molar-refractivity contribution is 6.30. The van der Waals surface area contributed by atoms with Gasteiger partial charge in [-0.25, -0.2) is 9.97 Å². The van der Waals surface area contributed by atoms with Gasteiger partial charge in [0.25, 0.3) is 0 Å². The van der Waals surface area contributed by atoms with Crippen molar-refractivity contribution in [2.45, 2.75) is 19.3 Å². The Hall–Kier alpha value is -2.57. The van der Waals surface area contributed by atoms with Crippen LogP contribution in [-0.4, -0.2) is 41.8 Å². The lowest BCUT2D eigenvalue weighted by molar-refractivity contribution is -0.0903. The summed E-state index contributed by atoms with van der Waals surface area (Å²) in [6, 6.07) is 11.4. The summed E-state index contributed by atoms with van der Waals surface area (Å²) in [5.41, 5.74) is 2.23. The van der Waals surface area contributed by atoms with Crippen LogP contribution in [0.5, 0.6) is 11.5 Å². The molecule has 0 amide bonds. The van der Waals surface area contributed by atoms with Crippen molar-refractivity contribution in [2.75, 3.05) is 32.2 Å². The summed E-state index contributed by atoms with van der Waals surface area (Å²) in [6.07, 6.45) is 5.63. The smallest absolute Gasteiger partial charge is 0.164 e. The third-order valence-electron chi connectivity index (χ3n) is 5.94. The normalized spacial score (nSPS) is 17.6. The first-order chi connectivity index (χ1) is 14.1. The second-order valence-electron chi connectivity index (χ2n) is 7.99. The van der Waals surface area contributed by atoms with Crippen molar-refractivity contribution in [3.8, 4) is 11.5 Å². The van der Waals surface area contributed by atoms with E-state index in [-0.39, 0.29) is 0 Å². The van der Waals surface area contributed by atoms with Crippen molar-refractivity contribution in [2.24, 2.45) is 5.41 Å². The molecule has 2 aromatic carbocycles. The molecule has 1 saturated heterocycles. The van der Waals surface area contributed by atoms with Gasteiger partial charge in [0.15, 0.2) is 11.5 Å². The third-order valence-corrected chi connectivity index (χ3v) is 6.18. The topological polar surface area (TPSA) is 59.5 Å². The monoisotopic (exact) mass is 410 g/mol. The molecule has 1 N–H and O–H groups in total. The zero-order chi connectivity index (χ0) is 19.8. The molecule has 29 heavy (non-hydrogen) atoms. The molecule has 0 bridgehead atoms. The highest BCUT2D eigenvalue weighted by Gasteiger charge is 2.47. The minimum Gasteiger partial charge on any atom is -0.493 e. The van der Waals surface area contributed by atoms with E-state index in [1.54, 1.807) is 7.11 Å².